The molecule has 2 unspecified atom stereocenters. The maximum Gasteiger partial charge on any atom is 0.311 e. The zero-order valence-electron chi connectivity index (χ0n) is 32.9. The van der Waals surface area contributed by atoms with E-state index in [-0.39, 0.29) is 36.9 Å². The van der Waals surface area contributed by atoms with Gasteiger partial charge in [-0.3, -0.25) is 4.79 Å². The molecule has 0 bridgehead atoms. The molecule has 3 fully saturated rings. The summed E-state index contributed by atoms with van der Waals surface area (Å²) in [5.74, 6) is -2.16. The Morgan fingerprint density at radius 1 is 0.940 bits per heavy atom. The van der Waals surface area contributed by atoms with Crippen molar-refractivity contribution < 1.29 is 53.6 Å². The van der Waals surface area contributed by atoms with Crippen molar-refractivity contribution in [2.24, 2.45) is 17.8 Å². The quantitative estimate of drug-likeness (QED) is 0.244. The number of hydrogen-bond donors (Lipinski definition) is 5. The molecule has 0 spiro atoms. The lowest BCUT2D eigenvalue weighted by molar-refractivity contribution is -0.317. The van der Waals surface area contributed by atoms with Gasteiger partial charge in [-0.2, -0.15) is 0 Å². The number of hydrogen-bond acceptors (Lipinski definition) is 13. The molecule has 13 heteroatoms. The largest absolute Gasteiger partial charge is 0.459 e. The van der Waals surface area contributed by atoms with Crippen LogP contribution in [0.15, 0.2) is 0 Å². The minimum absolute atomic E-state index is 0.0286. The van der Waals surface area contributed by atoms with E-state index < -0.39 is 83.8 Å². The highest BCUT2D eigenvalue weighted by atomic mass is 16.7. The Morgan fingerprint density at radius 2 is 1.58 bits per heavy atom. The molecule has 3 aliphatic heterocycles. The van der Waals surface area contributed by atoms with Gasteiger partial charge < -0.3 is 59.1 Å². The molecule has 0 radical (unpaired) electrons. The van der Waals surface area contributed by atoms with Gasteiger partial charge in [0.05, 0.1) is 47.1 Å². The van der Waals surface area contributed by atoms with E-state index >= 15 is 0 Å². The van der Waals surface area contributed by atoms with Crippen molar-refractivity contribution in [1.82, 2.24) is 10.2 Å². The summed E-state index contributed by atoms with van der Waals surface area (Å²) in [7, 11) is 5.32. The molecule has 3 saturated heterocycles. The number of carbonyl (C=O) groups excluding carboxylic acids is 1. The molecule has 0 aromatic carbocycles. The summed E-state index contributed by atoms with van der Waals surface area (Å²) in [6.07, 6.45) is -5.69. The lowest BCUT2D eigenvalue weighted by Gasteiger charge is -2.48. The van der Waals surface area contributed by atoms with Gasteiger partial charge in [0.15, 0.2) is 12.6 Å². The molecular weight excluding hydrogens is 648 g/mol. The van der Waals surface area contributed by atoms with Crippen LogP contribution in [0.2, 0.25) is 0 Å². The van der Waals surface area contributed by atoms with E-state index in [1.54, 1.807) is 34.6 Å². The van der Waals surface area contributed by atoms with Crippen LogP contribution in [0.4, 0.5) is 0 Å². The summed E-state index contributed by atoms with van der Waals surface area (Å²) in [5.41, 5.74) is -3.79. The summed E-state index contributed by atoms with van der Waals surface area (Å²) in [6, 6.07) is -0.419. The molecule has 0 aromatic rings. The normalized spacial score (nSPS) is 49.2. The highest BCUT2D eigenvalue weighted by Gasteiger charge is 2.51. The zero-order valence-corrected chi connectivity index (χ0v) is 32.9. The first-order valence-electron chi connectivity index (χ1n) is 18.6. The van der Waals surface area contributed by atoms with E-state index in [1.807, 2.05) is 53.6 Å². The maximum absolute atomic E-state index is 14.1. The number of esters is 1. The maximum atomic E-state index is 14.1. The number of methoxy groups -OCH3 is 1. The van der Waals surface area contributed by atoms with Crippen molar-refractivity contribution in [3.63, 3.8) is 0 Å². The third-order valence-corrected chi connectivity index (χ3v) is 11.4. The van der Waals surface area contributed by atoms with E-state index in [9.17, 15) is 25.2 Å². The summed E-state index contributed by atoms with van der Waals surface area (Å²) in [6.45, 7) is 18.9. The lowest BCUT2D eigenvalue weighted by Crippen LogP contribution is -2.60. The molecule has 5 N–H and O–H groups in total. The number of aliphatic hydroxyl groups excluding tert-OH is 2. The second-order valence-electron chi connectivity index (χ2n) is 16.7. The Kier molecular flexibility index (Phi) is 15.2. The molecular formula is C37H70N2O11. The van der Waals surface area contributed by atoms with Crippen LogP contribution < -0.4 is 5.32 Å². The molecule has 294 valence electrons. The van der Waals surface area contributed by atoms with Crippen LogP contribution >= 0.6 is 0 Å². The van der Waals surface area contributed by atoms with Crippen molar-refractivity contribution in [2.45, 2.75) is 186 Å². The Bertz CT molecular complexity index is 1080. The van der Waals surface area contributed by atoms with Crippen molar-refractivity contribution in [3.05, 3.63) is 0 Å². The van der Waals surface area contributed by atoms with Crippen LogP contribution in [0.25, 0.3) is 0 Å². The van der Waals surface area contributed by atoms with E-state index in [1.165, 1.54) is 7.11 Å². The standard InChI is InChI=1S/C37H70N2O11/c1-14-27-35(8,43)16-20(2)19-38-21(3)17-36(9,44)32(50-34-29(40)26(39(11)12)15-22(4)46-34)23(5)30(24(6)33(42)48-27)49-28-18-37(10,45-13)31(41)25(7)47-28/h20-32,34,38,40-41,43-44H,14-19H2,1-13H3/t20?,21?,22-,23+,24-,25+,26+,27-,28+,29-,30+,31+,32-,34+,35+,36+,37-/m1/s1. The fourth-order valence-electron chi connectivity index (χ4n) is 8.43. The van der Waals surface area contributed by atoms with Gasteiger partial charge in [0.1, 0.15) is 18.3 Å². The highest BCUT2D eigenvalue weighted by molar-refractivity contribution is 5.73. The summed E-state index contributed by atoms with van der Waals surface area (Å²) in [5, 5.41) is 49.9. The highest BCUT2D eigenvalue weighted by Crippen LogP contribution is 2.39. The Hall–Kier alpha value is -0.970. The zero-order chi connectivity index (χ0) is 37.9. The third kappa shape index (κ3) is 10.4. The average Bonchev–Trinajstić information content (AvgIpc) is 3.02. The Labute approximate surface area is 300 Å². The van der Waals surface area contributed by atoms with Crippen LogP contribution in [0.3, 0.4) is 0 Å². The molecule has 0 amide bonds. The number of aliphatic hydroxyl groups is 4. The van der Waals surface area contributed by atoms with Crippen molar-refractivity contribution in [2.75, 3.05) is 27.7 Å². The van der Waals surface area contributed by atoms with Crippen molar-refractivity contribution in [3.8, 4) is 0 Å². The average molecular weight is 719 g/mol. The predicted molar refractivity (Wildman–Crippen MR) is 188 cm³/mol. The second kappa shape index (κ2) is 17.4. The van der Waals surface area contributed by atoms with Crippen molar-refractivity contribution >= 4 is 5.97 Å². The second-order valence-corrected chi connectivity index (χ2v) is 16.7. The number of ether oxygens (including phenoxy) is 6. The molecule has 0 saturated carbocycles. The van der Waals surface area contributed by atoms with Gasteiger partial charge >= 0.3 is 5.97 Å². The monoisotopic (exact) mass is 718 g/mol. The molecule has 0 aromatic heterocycles. The topological polar surface area (TPSA) is 169 Å². The number of likely N-dealkylation sites (N-methyl/N-ethyl adjacent to an activating group) is 1. The van der Waals surface area contributed by atoms with E-state index in [2.05, 4.69) is 5.32 Å². The van der Waals surface area contributed by atoms with Gasteiger partial charge in [0.2, 0.25) is 0 Å². The molecule has 3 aliphatic rings. The summed E-state index contributed by atoms with van der Waals surface area (Å²) < 4.78 is 37.6. The minimum atomic E-state index is -1.51. The molecule has 13 nitrogen and oxygen atoms in total. The number of nitrogens with zero attached hydrogens (tertiary/aromatic N) is 1. The first-order valence-corrected chi connectivity index (χ1v) is 18.6. The van der Waals surface area contributed by atoms with Gasteiger partial charge in [0, 0.05) is 31.5 Å². The van der Waals surface area contributed by atoms with Gasteiger partial charge in [-0.15, -0.1) is 0 Å². The van der Waals surface area contributed by atoms with Gasteiger partial charge in [-0.25, -0.2) is 0 Å². The molecule has 17 atom stereocenters. The molecule has 50 heavy (non-hydrogen) atoms. The molecule has 0 aliphatic carbocycles. The number of rotatable bonds is 7. The Balaban J connectivity index is 2.13. The Morgan fingerprint density at radius 3 is 2.16 bits per heavy atom. The predicted octanol–water partition coefficient (Wildman–Crippen LogP) is 2.59. The van der Waals surface area contributed by atoms with Crippen LogP contribution in [0.5, 0.6) is 0 Å². The van der Waals surface area contributed by atoms with Crippen LogP contribution in [0.1, 0.15) is 101 Å². The SMILES string of the molecule is CC[C@H]1OC(=O)[C@H](C)[C@@H](O[C@H]2C[C@@](C)(OC)[C@@H](O)[C@H](C)O2)[C@H](C)[C@@H](O[C@@H]2O[C@H](C)C[C@H](N(C)C)[C@H]2O)[C@@](C)(O)CC(C)NCC(C)C[C@]1(C)O. The smallest absolute Gasteiger partial charge is 0.311 e. The van der Waals surface area contributed by atoms with Crippen molar-refractivity contribution in [1.29, 1.82) is 0 Å². The first-order chi connectivity index (χ1) is 23.1. The van der Waals surface area contributed by atoms with Crippen LogP contribution in [-0.4, -0.2) is 143 Å². The van der Waals surface area contributed by atoms with Gasteiger partial charge in [-0.05, 0) is 101 Å². The van der Waals surface area contributed by atoms with E-state index in [4.69, 9.17) is 28.4 Å². The fourth-order valence-corrected chi connectivity index (χ4v) is 8.43. The third-order valence-electron chi connectivity index (χ3n) is 11.4. The number of cyclic esters (lactones) is 1. The van der Waals surface area contributed by atoms with Gasteiger partial charge in [-0.1, -0.05) is 20.8 Å². The van der Waals surface area contributed by atoms with Gasteiger partial charge in [0.25, 0.3) is 0 Å². The number of carbonyl (C=O) groups is 1. The molecule has 3 rings (SSSR count). The number of nitrogens with one attached hydrogen (secondary N) is 1. The summed E-state index contributed by atoms with van der Waals surface area (Å²) >= 11 is 0. The lowest BCUT2D eigenvalue weighted by atomic mass is 9.78. The first kappa shape index (κ1) is 43.4. The van der Waals surface area contributed by atoms with E-state index in [0.717, 1.165) is 0 Å². The van der Waals surface area contributed by atoms with Crippen LogP contribution in [0, 0.1) is 17.8 Å². The minimum Gasteiger partial charge on any atom is -0.459 e. The summed E-state index contributed by atoms with van der Waals surface area (Å²) in [4.78, 5) is 16.0. The molecule has 3 heterocycles. The van der Waals surface area contributed by atoms with Crippen LogP contribution in [-0.2, 0) is 33.2 Å². The van der Waals surface area contributed by atoms with E-state index in [0.29, 0.717) is 25.8 Å². The fraction of sp³-hybridized carbons (Fsp3) is 0.973.